The average Bonchev–Trinajstić information content (AvgIpc) is 3.23. The molecule has 0 amide bonds. The van der Waals surface area contributed by atoms with Crippen molar-refractivity contribution in [2.75, 3.05) is 12.4 Å². The van der Waals surface area contributed by atoms with Crippen molar-refractivity contribution < 1.29 is 9.53 Å². The number of aromatic nitrogens is 3. The van der Waals surface area contributed by atoms with Gasteiger partial charge in [-0.25, -0.2) is 0 Å². The molecule has 3 aromatic rings. The van der Waals surface area contributed by atoms with E-state index in [9.17, 15) is 4.79 Å². The standard InChI is InChI=1S/C20H23N3O2S2/c1-5-23-19(21-22-20(23)27-12-17(24)25-6-2)16-11-26-14(4)18(16)15-9-7-13(3)8-10-15/h7-11H,5-6,12H2,1-4H3. The van der Waals surface area contributed by atoms with Crippen molar-refractivity contribution in [3.05, 3.63) is 40.1 Å². The van der Waals surface area contributed by atoms with Crippen LogP contribution in [0.15, 0.2) is 34.8 Å². The summed E-state index contributed by atoms with van der Waals surface area (Å²) in [7, 11) is 0. The number of carbonyl (C=O) groups excluding carboxylic acids is 1. The van der Waals surface area contributed by atoms with Crippen molar-refractivity contribution in [3.8, 4) is 22.5 Å². The Balaban J connectivity index is 1.96. The number of carbonyl (C=O) groups is 1. The molecule has 0 aliphatic carbocycles. The van der Waals surface area contributed by atoms with Gasteiger partial charge in [-0.15, -0.1) is 21.5 Å². The number of esters is 1. The first-order valence-electron chi connectivity index (χ1n) is 8.92. The molecule has 0 aliphatic heterocycles. The number of hydrogen-bond acceptors (Lipinski definition) is 6. The van der Waals surface area contributed by atoms with Crippen LogP contribution in [0.2, 0.25) is 0 Å². The van der Waals surface area contributed by atoms with E-state index >= 15 is 0 Å². The van der Waals surface area contributed by atoms with E-state index in [1.165, 1.54) is 33.3 Å². The summed E-state index contributed by atoms with van der Waals surface area (Å²) in [5, 5.41) is 11.6. The maximum absolute atomic E-state index is 11.7. The van der Waals surface area contributed by atoms with Crippen molar-refractivity contribution in [2.45, 2.75) is 39.4 Å². The molecule has 0 saturated heterocycles. The summed E-state index contributed by atoms with van der Waals surface area (Å²) in [5.74, 6) is 0.838. The average molecular weight is 402 g/mol. The molecule has 7 heteroatoms. The molecule has 0 spiro atoms. The highest BCUT2D eigenvalue weighted by molar-refractivity contribution is 7.99. The molecule has 1 aromatic carbocycles. The predicted octanol–water partition coefficient (Wildman–Crippen LogP) is 4.97. The van der Waals surface area contributed by atoms with Gasteiger partial charge in [0.25, 0.3) is 0 Å². The number of benzene rings is 1. The van der Waals surface area contributed by atoms with Crippen molar-refractivity contribution in [3.63, 3.8) is 0 Å². The number of thioether (sulfide) groups is 1. The third-order valence-electron chi connectivity index (χ3n) is 4.21. The van der Waals surface area contributed by atoms with E-state index in [1.807, 2.05) is 0 Å². The Morgan fingerprint density at radius 2 is 1.93 bits per heavy atom. The molecule has 0 N–H and O–H groups in total. The highest BCUT2D eigenvalue weighted by Crippen LogP contribution is 2.39. The second-order valence-electron chi connectivity index (χ2n) is 6.09. The maximum Gasteiger partial charge on any atom is 0.316 e. The molecule has 3 rings (SSSR count). The van der Waals surface area contributed by atoms with Crippen molar-refractivity contribution in [2.24, 2.45) is 0 Å². The van der Waals surface area contributed by atoms with E-state index in [-0.39, 0.29) is 11.7 Å². The van der Waals surface area contributed by atoms with E-state index < -0.39 is 0 Å². The highest BCUT2D eigenvalue weighted by atomic mass is 32.2. The normalized spacial score (nSPS) is 11.0. The van der Waals surface area contributed by atoms with Gasteiger partial charge in [-0.1, -0.05) is 41.6 Å². The Morgan fingerprint density at radius 3 is 2.59 bits per heavy atom. The zero-order valence-corrected chi connectivity index (χ0v) is 17.6. The van der Waals surface area contributed by atoms with Crippen LogP contribution in [0.5, 0.6) is 0 Å². The Bertz CT molecular complexity index is 929. The molecule has 0 atom stereocenters. The maximum atomic E-state index is 11.7. The zero-order chi connectivity index (χ0) is 19.4. The highest BCUT2D eigenvalue weighted by Gasteiger charge is 2.20. The van der Waals surface area contributed by atoms with Crippen LogP contribution in [0.3, 0.4) is 0 Å². The molecule has 0 fully saturated rings. The minimum Gasteiger partial charge on any atom is -0.465 e. The summed E-state index contributed by atoms with van der Waals surface area (Å²) in [6, 6.07) is 8.55. The van der Waals surface area contributed by atoms with Crippen LogP contribution in [0, 0.1) is 13.8 Å². The molecule has 2 heterocycles. The first-order chi connectivity index (χ1) is 13.0. The quantitative estimate of drug-likeness (QED) is 0.413. The van der Waals surface area contributed by atoms with Crippen LogP contribution in [0.25, 0.3) is 22.5 Å². The third kappa shape index (κ3) is 4.25. The molecular weight excluding hydrogens is 378 g/mol. The van der Waals surface area contributed by atoms with E-state index in [2.05, 4.69) is 65.2 Å². The van der Waals surface area contributed by atoms with Crippen LogP contribution in [0.4, 0.5) is 0 Å². The molecule has 142 valence electrons. The minimum absolute atomic E-state index is 0.235. The number of aryl methyl sites for hydroxylation is 2. The van der Waals surface area contributed by atoms with Crippen LogP contribution in [-0.4, -0.2) is 33.1 Å². The van der Waals surface area contributed by atoms with Gasteiger partial charge in [-0.3, -0.25) is 4.79 Å². The number of hydrogen-bond donors (Lipinski definition) is 0. The van der Waals surface area contributed by atoms with Crippen LogP contribution >= 0.6 is 23.1 Å². The van der Waals surface area contributed by atoms with Gasteiger partial charge in [-0.2, -0.15) is 0 Å². The van der Waals surface area contributed by atoms with Gasteiger partial charge in [0.05, 0.1) is 12.4 Å². The smallest absolute Gasteiger partial charge is 0.316 e. The second-order valence-corrected chi connectivity index (χ2v) is 8.12. The third-order valence-corrected chi connectivity index (χ3v) is 6.07. The van der Waals surface area contributed by atoms with Gasteiger partial charge in [0.2, 0.25) is 0 Å². The largest absolute Gasteiger partial charge is 0.465 e. The molecular formula is C20H23N3O2S2. The number of rotatable bonds is 7. The number of thiophene rings is 1. The molecule has 5 nitrogen and oxygen atoms in total. The lowest BCUT2D eigenvalue weighted by Crippen LogP contribution is -2.08. The van der Waals surface area contributed by atoms with Gasteiger partial charge in [0.15, 0.2) is 11.0 Å². The molecule has 0 aliphatic rings. The van der Waals surface area contributed by atoms with Crippen molar-refractivity contribution in [1.82, 2.24) is 14.8 Å². The van der Waals surface area contributed by atoms with Crippen molar-refractivity contribution in [1.29, 1.82) is 0 Å². The summed E-state index contributed by atoms with van der Waals surface area (Å²) in [6.45, 7) is 9.21. The predicted molar refractivity (Wildman–Crippen MR) is 111 cm³/mol. The topological polar surface area (TPSA) is 57.0 Å². The zero-order valence-electron chi connectivity index (χ0n) is 16.0. The van der Waals surface area contributed by atoms with Gasteiger partial charge < -0.3 is 9.30 Å². The molecule has 2 aromatic heterocycles. The summed E-state index contributed by atoms with van der Waals surface area (Å²) in [5.41, 5.74) is 4.70. The fourth-order valence-electron chi connectivity index (χ4n) is 2.90. The first kappa shape index (κ1) is 19.6. The Morgan fingerprint density at radius 1 is 1.19 bits per heavy atom. The number of ether oxygens (including phenoxy) is 1. The van der Waals surface area contributed by atoms with E-state index in [1.54, 1.807) is 18.3 Å². The lowest BCUT2D eigenvalue weighted by Gasteiger charge is -2.09. The Hall–Kier alpha value is -2.12. The summed E-state index contributed by atoms with van der Waals surface area (Å²) < 4.78 is 7.06. The second kappa shape index (κ2) is 8.71. The first-order valence-corrected chi connectivity index (χ1v) is 10.8. The molecule has 0 saturated carbocycles. The Labute approximate surface area is 167 Å². The van der Waals surface area contributed by atoms with Crippen LogP contribution in [0.1, 0.15) is 24.3 Å². The fourth-order valence-corrected chi connectivity index (χ4v) is 4.57. The molecule has 0 radical (unpaired) electrons. The SMILES string of the molecule is CCOC(=O)CSc1nnc(-c2csc(C)c2-c2ccc(C)cc2)n1CC. The van der Waals surface area contributed by atoms with Crippen molar-refractivity contribution >= 4 is 29.1 Å². The van der Waals surface area contributed by atoms with Gasteiger partial charge >= 0.3 is 5.97 Å². The minimum atomic E-state index is -0.235. The van der Waals surface area contributed by atoms with Gasteiger partial charge in [0, 0.05) is 27.9 Å². The fraction of sp³-hybridized carbons (Fsp3) is 0.350. The summed E-state index contributed by atoms with van der Waals surface area (Å²) in [4.78, 5) is 12.9. The molecule has 0 bridgehead atoms. The van der Waals surface area contributed by atoms with E-state index in [4.69, 9.17) is 4.74 Å². The lowest BCUT2D eigenvalue weighted by molar-refractivity contribution is -0.139. The lowest BCUT2D eigenvalue weighted by atomic mass is 10.0. The van der Waals surface area contributed by atoms with E-state index in [0.717, 1.165) is 23.1 Å². The summed E-state index contributed by atoms with van der Waals surface area (Å²) in [6.07, 6.45) is 0. The Kier molecular flexibility index (Phi) is 6.34. The van der Waals surface area contributed by atoms with E-state index in [0.29, 0.717) is 6.61 Å². The molecule has 27 heavy (non-hydrogen) atoms. The van der Waals surface area contributed by atoms with Gasteiger partial charge in [0.1, 0.15) is 0 Å². The summed E-state index contributed by atoms with van der Waals surface area (Å²) >= 11 is 3.08. The monoisotopic (exact) mass is 401 g/mol. The van der Waals surface area contributed by atoms with Gasteiger partial charge in [-0.05, 0) is 33.3 Å². The van der Waals surface area contributed by atoms with Crippen LogP contribution < -0.4 is 0 Å². The number of nitrogens with zero attached hydrogens (tertiary/aromatic N) is 3. The van der Waals surface area contributed by atoms with Crippen LogP contribution in [-0.2, 0) is 16.1 Å². The molecule has 0 unspecified atom stereocenters.